The van der Waals surface area contributed by atoms with Crippen molar-refractivity contribution in [3.63, 3.8) is 0 Å². The van der Waals surface area contributed by atoms with Crippen molar-refractivity contribution in [3.05, 3.63) is 35.4 Å². The smallest absolute Gasteiger partial charge is 0.270 e. The minimum Gasteiger partial charge on any atom is -0.598 e. The van der Waals surface area contributed by atoms with Gasteiger partial charge in [0.2, 0.25) is 0 Å². The molecule has 0 saturated heterocycles. The number of hydrogen-bond acceptors (Lipinski definition) is 2. The molecule has 5 heteroatoms. The summed E-state index contributed by atoms with van der Waals surface area (Å²) in [5.41, 5.74) is 0.678. The molecule has 0 amide bonds. The summed E-state index contributed by atoms with van der Waals surface area (Å²) in [6, 6.07) is 5.96. The van der Waals surface area contributed by atoms with E-state index in [2.05, 4.69) is 4.72 Å². The zero-order valence-electron chi connectivity index (χ0n) is 12.0. The van der Waals surface area contributed by atoms with E-state index < -0.39 is 17.3 Å². The van der Waals surface area contributed by atoms with Gasteiger partial charge < -0.3 is 4.55 Å². The normalized spacial score (nSPS) is 16.2. The third kappa shape index (κ3) is 4.75. The van der Waals surface area contributed by atoms with Gasteiger partial charge in [-0.05, 0) is 39.3 Å². The molecule has 0 radical (unpaired) electrons. The molecule has 2 unspecified atom stereocenters. The van der Waals surface area contributed by atoms with Crippen LogP contribution in [-0.2, 0) is 17.3 Å². The number of rotatable bonds is 4. The molecule has 0 aromatic heterocycles. The van der Waals surface area contributed by atoms with Gasteiger partial charge in [0.1, 0.15) is 4.75 Å². The molecular formula is C14H21F2NOS. The van der Waals surface area contributed by atoms with E-state index in [0.717, 1.165) is 6.92 Å². The molecule has 0 heterocycles. The first-order chi connectivity index (χ1) is 8.51. The van der Waals surface area contributed by atoms with E-state index in [4.69, 9.17) is 0 Å². The average Bonchev–Trinajstić information content (AvgIpc) is 2.26. The van der Waals surface area contributed by atoms with Gasteiger partial charge in [-0.3, -0.25) is 0 Å². The monoisotopic (exact) mass is 289 g/mol. The molecule has 0 bridgehead atoms. The van der Waals surface area contributed by atoms with Crippen LogP contribution in [0.1, 0.15) is 51.8 Å². The molecule has 0 aliphatic heterocycles. The standard InChI is InChI=1S/C14H21F2NOS/c1-10(17-19(18)13(2,3)4)11-7-6-8-12(9-11)14(5,15)16/h6-10,17H,1-5H3. The van der Waals surface area contributed by atoms with Gasteiger partial charge in [-0.1, -0.05) is 18.2 Å². The predicted molar refractivity (Wildman–Crippen MR) is 75.5 cm³/mol. The summed E-state index contributed by atoms with van der Waals surface area (Å²) in [6.45, 7) is 8.27. The van der Waals surface area contributed by atoms with Crippen LogP contribution in [0.3, 0.4) is 0 Å². The molecule has 0 saturated carbocycles. The first kappa shape index (κ1) is 16.4. The van der Waals surface area contributed by atoms with Gasteiger partial charge in [0.05, 0.1) is 6.04 Å². The number of nitrogens with one attached hydrogen (secondary N) is 1. The molecule has 2 nitrogen and oxygen atoms in total. The minimum absolute atomic E-state index is 0.0276. The molecular weight excluding hydrogens is 268 g/mol. The Balaban J connectivity index is 2.86. The summed E-state index contributed by atoms with van der Waals surface area (Å²) in [6.07, 6.45) is 0. The highest BCUT2D eigenvalue weighted by atomic mass is 32.2. The van der Waals surface area contributed by atoms with Gasteiger partial charge >= 0.3 is 0 Å². The highest BCUT2D eigenvalue weighted by molar-refractivity contribution is 7.90. The second-order valence-electron chi connectivity index (χ2n) is 5.73. The Morgan fingerprint density at radius 2 is 1.79 bits per heavy atom. The van der Waals surface area contributed by atoms with Crippen molar-refractivity contribution in [2.24, 2.45) is 0 Å². The zero-order chi connectivity index (χ0) is 14.8. The number of halogens is 2. The Morgan fingerprint density at radius 3 is 2.26 bits per heavy atom. The lowest BCUT2D eigenvalue weighted by molar-refractivity contribution is 0.0174. The highest BCUT2D eigenvalue weighted by Gasteiger charge is 2.29. The van der Waals surface area contributed by atoms with Crippen LogP contribution < -0.4 is 4.72 Å². The fourth-order valence-corrected chi connectivity index (χ4v) is 2.30. The van der Waals surface area contributed by atoms with E-state index in [1.807, 2.05) is 27.7 Å². The highest BCUT2D eigenvalue weighted by Crippen LogP contribution is 2.29. The van der Waals surface area contributed by atoms with Crippen molar-refractivity contribution in [1.82, 2.24) is 4.72 Å². The number of hydrogen-bond donors (Lipinski definition) is 1. The summed E-state index contributed by atoms with van der Waals surface area (Å²) in [5.74, 6) is -2.86. The SMILES string of the molecule is CC(N[S+]([O-])C(C)(C)C)c1cccc(C(C)(F)F)c1. The lowest BCUT2D eigenvalue weighted by Crippen LogP contribution is -2.40. The van der Waals surface area contributed by atoms with E-state index in [0.29, 0.717) is 5.56 Å². The van der Waals surface area contributed by atoms with Crippen LogP contribution in [0, 0.1) is 0 Å². The maximum absolute atomic E-state index is 13.3. The van der Waals surface area contributed by atoms with Gasteiger partial charge in [-0.2, -0.15) is 0 Å². The Hall–Kier alpha value is -0.650. The molecule has 108 valence electrons. The van der Waals surface area contributed by atoms with Crippen LogP contribution in [0.4, 0.5) is 8.78 Å². The lowest BCUT2D eigenvalue weighted by atomic mass is 10.0. The van der Waals surface area contributed by atoms with Crippen molar-refractivity contribution < 1.29 is 13.3 Å². The molecule has 19 heavy (non-hydrogen) atoms. The maximum atomic E-state index is 13.3. The Morgan fingerprint density at radius 1 is 1.21 bits per heavy atom. The largest absolute Gasteiger partial charge is 0.598 e. The van der Waals surface area contributed by atoms with Crippen molar-refractivity contribution in [2.75, 3.05) is 0 Å². The van der Waals surface area contributed by atoms with Gasteiger partial charge in [0.15, 0.2) is 0 Å². The van der Waals surface area contributed by atoms with Crippen LogP contribution in [0.15, 0.2) is 24.3 Å². The summed E-state index contributed by atoms with van der Waals surface area (Å²) >= 11 is -1.23. The second kappa shape index (κ2) is 5.77. The molecule has 1 rings (SSSR count). The maximum Gasteiger partial charge on any atom is 0.270 e. The minimum atomic E-state index is -2.86. The third-order valence-corrected chi connectivity index (χ3v) is 4.41. The van der Waals surface area contributed by atoms with Crippen LogP contribution >= 0.6 is 0 Å². The summed E-state index contributed by atoms with van der Waals surface area (Å²) < 4.78 is 41.1. The van der Waals surface area contributed by atoms with Crippen LogP contribution in [0.5, 0.6) is 0 Å². The van der Waals surface area contributed by atoms with Gasteiger partial charge in [-0.25, -0.2) is 8.78 Å². The van der Waals surface area contributed by atoms with Crippen LogP contribution in [0.25, 0.3) is 0 Å². The number of benzene rings is 1. The number of alkyl halides is 2. The molecule has 0 aliphatic rings. The fraction of sp³-hybridized carbons (Fsp3) is 0.571. The molecule has 0 spiro atoms. The Bertz CT molecular complexity index is 426. The van der Waals surface area contributed by atoms with Crippen molar-refractivity contribution in [3.8, 4) is 0 Å². The molecule has 2 atom stereocenters. The van der Waals surface area contributed by atoms with Crippen molar-refractivity contribution in [2.45, 2.75) is 51.3 Å². The second-order valence-corrected chi connectivity index (χ2v) is 7.73. The zero-order valence-corrected chi connectivity index (χ0v) is 12.8. The van der Waals surface area contributed by atoms with E-state index in [9.17, 15) is 13.3 Å². The van der Waals surface area contributed by atoms with Gasteiger partial charge in [-0.15, -0.1) is 4.72 Å². The summed E-state index contributed by atoms with van der Waals surface area (Å²) in [7, 11) is 0. The molecule has 1 aromatic rings. The fourth-order valence-electron chi connectivity index (χ4n) is 1.49. The predicted octanol–water partition coefficient (Wildman–Crippen LogP) is 3.91. The van der Waals surface area contributed by atoms with E-state index in [1.165, 1.54) is 12.1 Å². The first-order valence-corrected chi connectivity index (χ1v) is 7.33. The lowest BCUT2D eigenvalue weighted by Gasteiger charge is -2.26. The van der Waals surface area contributed by atoms with Crippen LogP contribution in [-0.4, -0.2) is 9.30 Å². The third-order valence-electron chi connectivity index (χ3n) is 2.73. The average molecular weight is 289 g/mol. The Labute approximate surface area is 116 Å². The molecule has 1 N–H and O–H groups in total. The molecule has 1 aromatic carbocycles. The topological polar surface area (TPSA) is 35.1 Å². The first-order valence-electron chi connectivity index (χ1n) is 6.18. The van der Waals surface area contributed by atoms with Crippen molar-refractivity contribution in [1.29, 1.82) is 0 Å². The quantitative estimate of drug-likeness (QED) is 0.853. The van der Waals surface area contributed by atoms with E-state index in [-0.39, 0.29) is 16.4 Å². The summed E-state index contributed by atoms with van der Waals surface area (Å²) in [4.78, 5) is 0. The van der Waals surface area contributed by atoms with Gasteiger partial charge in [0, 0.05) is 23.8 Å². The molecule has 0 fully saturated rings. The van der Waals surface area contributed by atoms with E-state index in [1.54, 1.807) is 12.1 Å². The van der Waals surface area contributed by atoms with Gasteiger partial charge in [0.25, 0.3) is 5.92 Å². The molecule has 0 aliphatic carbocycles. The van der Waals surface area contributed by atoms with Crippen LogP contribution in [0.2, 0.25) is 0 Å². The van der Waals surface area contributed by atoms with Crippen molar-refractivity contribution >= 4 is 11.4 Å². The Kier molecular flexibility index (Phi) is 4.98. The van der Waals surface area contributed by atoms with E-state index >= 15 is 0 Å². The summed E-state index contributed by atoms with van der Waals surface area (Å²) in [5, 5.41) is 0.